The minimum absolute atomic E-state index is 0.00645. The number of aromatic nitrogens is 3. The summed E-state index contributed by atoms with van der Waals surface area (Å²) < 4.78 is 21.9. The summed E-state index contributed by atoms with van der Waals surface area (Å²) in [5.41, 5.74) is 2.51. The maximum Gasteiger partial charge on any atom is 0.184 e. The molecular formula is C34H36ClFN4O4S. The molecule has 1 aromatic carbocycles. The first-order chi connectivity index (χ1) is 21.6. The van der Waals surface area contributed by atoms with E-state index in [1.54, 1.807) is 53.8 Å². The SMILES string of the molecule is Cn1cc(CC(=O)c2ccc(Cl)cc2F)cc1C(=O)Cc1cc(C(=O)Cc2cc(C(=O)CCCN3CCCCC3)ns2)n(C)c1. The molecule has 0 aliphatic carbocycles. The fraction of sp³-hybridized carbons (Fsp3) is 0.382. The number of rotatable bonds is 14. The van der Waals surface area contributed by atoms with Gasteiger partial charge in [0, 0.05) is 62.1 Å². The normalized spacial score (nSPS) is 13.7. The highest BCUT2D eigenvalue weighted by Gasteiger charge is 2.21. The average molecular weight is 651 g/mol. The molecule has 0 unspecified atom stereocenters. The van der Waals surface area contributed by atoms with Crippen LogP contribution in [0.5, 0.6) is 0 Å². The van der Waals surface area contributed by atoms with Crippen molar-refractivity contribution in [2.24, 2.45) is 14.1 Å². The van der Waals surface area contributed by atoms with Crippen LogP contribution < -0.4 is 0 Å². The summed E-state index contributed by atoms with van der Waals surface area (Å²) in [4.78, 5) is 54.8. The zero-order chi connectivity index (χ0) is 32.1. The van der Waals surface area contributed by atoms with Crippen molar-refractivity contribution in [2.75, 3.05) is 19.6 Å². The molecule has 45 heavy (non-hydrogen) atoms. The van der Waals surface area contributed by atoms with Crippen molar-refractivity contribution < 1.29 is 23.6 Å². The number of likely N-dealkylation sites (tertiary alicyclic amines) is 1. The molecule has 0 N–H and O–H groups in total. The molecule has 3 aromatic heterocycles. The Bertz CT molecular complexity index is 1730. The topological polar surface area (TPSA) is 94.3 Å². The molecule has 0 bridgehead atoms. The first-order valence-electron chi connectivity index (χ1n) is 15.1. The molecule has 4 aromatic rings. The van der Waals surface area contributed by atoms with Crippen molar-refractivity contribution in [1.82, 2.24) is 18.4 Å². The standard InChI is InChI=1S/C34H36ClFN4O4S/c1-38-20-22(15-32(42)26-9-8-24(35)17-27(26)36)13-29(38)33(43)16-23-14-30(39(2)21-23)34(44)19-25-18-28(37-45-25)31(41)7-6-12-40-10-4-3-5-11-40/h8-9,13-14,17-18,20-21H,3-7,10-12,15-16,19H2,1-2H3. The number of ketones is 4. The van der Waals surface area contributed by atoms with Gasteiger partial charge in [0.05, 0.1) is 17.0 Å². The molecule has 0 radical (unpaired) electrons. The lowest BCUT2D eigenvalue weighted by atomic mass is 10.0. The van der Waals surface area contributed by atoms with Crippen molar-refractivity contribution in [3.05, 3.63) is 98.3 Å². The van der Waals surface area contributed by atoms with Crippen LogP contribution in [0.2, 0.25) is 5.02 Å². The van der Waals surface area contributed by atoms with E-state index in [0.717, 1.165) is 37.0 Å². The quantitative estimate of drug-likeness (QED) is 0.148. The second kappa shape index (κ2) is 14.6. The third kappa shape index (κ3) is 8.31. The molecule has 0 amide bonds. The Morgan fingerprint density at radius 2 is 1.44 bits per heavy atom. The van der Waals surface area contributed by atoms with Crippen LogP contribution in [0, 0.1) is 5.82 Å². The highest BCUT2D eigenvalue weighted by molar-refractivity contribution is 7.06. The second-order valence-corrected chi connectivity index (χ2v) is 13.0. The Labute approximate surface area is 271 Å². The van der Waals surface area contributed by atoms with E-state index in [1.807, 2.05) is 0 Å². The van der Waals surface area contributed by atoms with Crippen molar-refractivity contribution in [3.63, 3.8) is 0 Å². The highest BCUT2D eigenvalue weighted by Crippen LogP contribution is 2.21. The van der Waals surface area contributed by atoms with Crippen LogP contribution >= 0.6 is 23.1 Å². The molecule has 1 aliphatic heterocycles. The molecule has 1 saturated heterocycles. The second-order valence-electron chi connectivity index (χ2n) is 11.7. The summed E-state index contributed by atoms with van der Waals surface area (Å²) in [5, 5.41) is 0.209. The maximum absolute atomic E-state index is 14.2. The number of hydrogen-bond acceptors (Lipinski definition) is 7. The van der Waals surface area contributed by atoms with Gasteiger partial charge in [-0.15, -0.1) is 0 Å². The zero-order valence-electron chi connectivity index (χ0n) is 25.5. The molecule has 1 fully saturated rings. The Morgan fingerprint density at radius 1 is 0.822 bits per heavy atom. The number of hydrogen-bond donors (Lipinski definition) is 0. The van der Waals surface area contributed by atoms with Gasteiger partial charge in [-0.05, 0) is 98.0 Å². The third-order valence-electron chi connectivity index (χ3n) is 8.16. The Kier molecular flexibility index (Phi) is 10.6. The predicted molar refractivity (Wildman–Crippen MR) is 172 cm³/mol. The first-order valence-corrected chi connectivity index (χ1v) is 16.3. The van der Waals surface area contributed by atoms with Gasteiger partial charge in [-0.3, -0.25) is 19.2 Å². The number of carbonyl (C=O) groups is 4. The Balaban J connectivity index is 1.15. The van der Waals surface area contributed by atoms with E-state index in [9.17, 15) is 23.6 Å². The zero-order valence-corrected chi connectivity index (χ0v) is 27.1. The van der Waals surface area contributed by atoms with E-state index in [1.165, 1.54) is 42.9 Å². The molecular weight excluding hydrogens is 615 g/mol. The van der Waals surface area contributed by atoms with Gasteiger partial charge in [0.2, 0.25) is 0 Å². The van der Waals surface area contributed by atoms with Gasteiger partial charge in [0.25, 0.3) is 0 Å². The maximum atomic E-state index is 14.2. The van der Waals surface area contributed by atoms with Gasteiger partial charge in [0.1, 0.15) is 11.5 Å². The Hall–Kier alpha value is -3.73. The first kappa shape index (κ1) is 32.7. The number of piperidine rings is 1. The van der Waals surface area contributed by atoms with E-state index in [-0.39, 0.29) is 47.2 Å². The number of nitrogens with zero attached hydrogens (tertiary/aromatic N) is 4. The van der Waals surface area contributed by atoms with Crippen LogP contribution in [-0.4, -0.2) is 61.2 Å². The summed E-state index contributed by atoms with van der Waals surface area (Å²) in [7, 11) is 3.47. The monoisotopic (exact) mass is 650 g/mol. The van der Waals surface area contributed by atoms with E-state index in [4.69, 9.17) is 11.6 Å². The summed E-state index contributed by atoms with van der Waals surface area (Å²) >= 11 is 6.96. The van der Waals surface area contributed by atoms with Crippen LogP contribution in [0.3, 0.4) is 0 Å². The van der Waals surface area contributed by atoms with Crippen LogP contribution in [-0.2, 0) is 33.4 Å². The molecule has 5 rings (SSSR count). The van der Waals surface area contributed by atoms with Crippen LogP contribution in [0.1, 0.15) is 89.9 Å². The molecule has 11 heteroatoms. The predicted octanol–water partition coefficient (Wildman–Crippen LogP) is 6.34. The number of benzene rings is 1. The fourth-order valence-corrected chi connectivity index (χ4v) is 6.73. The van der Waals surface area contributed by atoms with Crippen molar-refractivity contribution in [2.45, 2.75) is 51.4 Å². The summed E-state index contributed by atoms with van der Waals surface area (Å²) in [5.74, 6) is -1.39. The third-order valence-corrected chi connectivity index (χ3v) is 9.18. The molecule has 0 saturated carbocycles. The van der Waals surface area contributed by atoms with Crippen LogP contribution in [0.4, 0.5) is 4.39 Å². The largest absolute Gasteiger partial charge is 0.348 e. The number of carbonyl (C=O) groups excluding carboxylic acids is 4. The van der Waals surface area contributed by atoms with Gasteiger partial charge in [0.15, 0.2) is 23.1 Å². The molecule has 236 valence electrons. The number of halogens is 2. The van der Waals surface area contributed by atoms with Crippen molar-refractivity contribution in [1.29, 1.82) is 0 Å². The van der Waals surface area contributed by atoms with Crippen molar-refractivity contribution in [3.8, 4) is 0 Å². The van der Waals surface area contributed by atoms with Gasteiger partial charge < -0.3 is 14.0 Å². The van der Waals surface area contributed by atoms with Crippen LogP contribution in [0.15, 0.2) is 48.8 Å². The van der Waals surface area contributed by atoms with Gasteiger partial charge in [-0.1, -0.05) is 18.0 Å². The van der Waals surface area contributed by atoms with E-state index in [2.05, 4.69) is 9.27 Å². The molecule has 0 spiro atoms. The van der Waals surface area contributed by atoms with Crippen LogP contribution in [0.25, 0.3) is 0 Å². The minimum atomic E-state index is -0.683. The highest BCUT2D eigenvalue weighted by atomic mass is 35.5. The lowest BCUT2D eigenvalue weighted by Gasteiger charge is -2.26. The fourth-order valence-electron chi connectivity index (χ4n) is 5.84. The summed E-state index contributed by atoms with van der Waals surface area (Å²) in [6, 6.07) is 8.99. The summed E-state index contributed by atoms with van der Waals surface area (Å²) in [6.45, 7) is 3.14. The smallest absolute Gasteiger partial charge is 0.184 e. The van der Waals surface area contributed by atoms with Gasteiger partial charge in [-0.2, -0.15) is 4.37 Å². The number of Topliss-reactive ketones (excluding diaryl/α,β-unsaturated/α-hetero) is 4. The Morgan fingerprint density at radius 3 is 2.09 bits per heavy atom. The lowest BCUT2D eigenvalue weighted by Crippen LogP contribution is -2.30. The summed E-state index contributed by atoms with van der Waals surface area (Å²) in [6.07, 6.45) is 8.55. The minimum Gasteiger partial charge on any atom is -0.348 e. The van der Waals surface area contributed by atoms with E-state index < -0.39 is 11.6 Å². The van der Waals surface area contributed by atoms with Crippen molar-refractivity contribution >= 4 is 46.3 Å². The molecule has 8 nitrogen and oxygen atoms in total. The van der Waals surface area contributed by atoms with E-state index >= 15 is 0 Å². The lowest BCUT2D eigenvalue weighted by molar-refractivity contribution is 0.0963. The molecule has 4 heterocycles. The van der Waals surface area contributed by atoms with Gasteiger partial charge >= 0.3 is 0 Å². The van der Waals surface area contributed by atoms with E-state index in [0.29, 0.717) is 34.6 Å². The average Bonchev–Trinajstić information content (AvgIpc) is 3.71. The van der Waals surface area contributed by atoms with Gasteiger partial charge in [-0.25, -0.2) is 4.39 Å². The molecule has 1 aliphatic rings. The molecule has 0 atom stereocenters. The number of aryl methyl sites for hydroxylation is 2.